The Morgan fingerprint density at radius 1 is 1.29 bits per heavy atom. The van der Waals surface area contributed by atoms with E-state index in [-0.39, 0.29) is 17.5 Å². The Bertz CT molecular complexity index is 738. The van der Waals surface area contributed by atoms with Crippen LogP contribution < -0.4 is 5.32 Å². The van der Waals surface area contributed by atoms with Gasteiger partial charge in [0.1, 0.15) is 5.82 Å². The summed E-state index contributed by atoms with van der Waals surface area (Å²) >= 11 is 1.55. The summed E-state index contributed by atoms with van der Waals surface area (Å²) < 4.78 is 17.8. The van der Waals surface area contributed by atoms with Crippen LogP contribution in [-0.4, -0.2) is 16.0 Å². The second-order valence-electron chi connectivity index (χ2n) is 4.19. The number of carbonyl (C=O) groups excluding carboxylic acids is 1. The van der Waals surface area contributed by atoms with Crippen LogP contribution in [0.2, 0.25) is 0 Å². The molecule has 0 spiro atoms. The van der Waals surface area contributed by atoms with Gasteiger partial charge in [0.05, 0.1) is 6.54 Å². The number of rotatable bonds is 4. The second-order valence-corrected chi connectivity index (χ2v) is 5.22. The lowest BCUT2D eigenvalue weighted by Crippen LogP contribution is -2.23. The Morgan fingerprint density at radius 2 is 2.10 bits per heavy atom. The molecular weight excluding hydrogens is 293 g/mol. The minimum absolute atomic E-state index is 0.0501. The molecule has 3 aromatic rings. The molecule has 0 aliphatic heterocycles. The smallest absolute Gasteiger partial charge is 0.292 e. The quantitative estimate of drug-likeness (QED) is 0.804. The monoisotopic (exact) mass is 303 g/mol. The van der Waals surface area contributed by atoms with Crippen LogP contribution in [0.5, 0.6) is 0 Å². The summed E-state index contributed by atoms with van der Waals surface area (Å²) in [6.07, 6.45) is 0. The molecule has 7 heteroatoms. The molecule has 2 heterocycles. The molecule has 1 N–H and O–H groups in total. The summed E-state index contributed by atoms with van der Waals surface area (Å²) in [5.74, 6) is -0.644. The van der Waals surface area contributed by atoms with E-state index in [1.54, 1.807) is 11.3 Å². The molecule has 3 rings (SSSR count). The molecule has 0 radical (unpaired) electrons. The van der Waals surface area contributed by atoms with Gasteiger partial charge in [-0.25, -0.2) is 4.39 Å². The van der Waals surface area contributed by atoms with Gasteiger partial charge in [-0.05, 0) is 35.7 Å². The maximum Gasteiger partial charge on any atom is 0.292 e. The van der Waals surface area contributed by atoms with E-state index < -0.39 is 5.91 Å². The average molecular weight is 303 g/mol. The second kappa shape index (κ2) is 5.84. The molecule has 1 aromatic carbocycles. The van der Waals surface area contributed by atoms with E-state index in [9.17, 15) is 9.18 Å². The first-order chi connectivity index (χ1) is 10.2. The number of halogens is 1. The molecule has 0 fully saturated rings. The van der Waals surface area contributed by atoms with Crippen molar-refractivity contribution in [2.45, 2.75) is 6.54 Å². The summed E-state index contributed by atoms with van der Waals surface area (Å²) in [5, 5.41) is 8.26. The topological polar surface area (TPSA) is 68.0 Å². The largest absolute Gasteiger partial charge is 0.344 e. The zero-order chi connectivity index (χ0) is 14.7. The van der Waals surface area contributed by atoms with Gasteiger partial charge in [-0.15, -0.1) is 11.3 Å². The first kappa shape index (κ1) is 13.4. The Kier molecular flexibility index (Phi) is 3.74. The third-order valence-electron chi connectivity index (χ3n) is 2.72. The lowest BCUT2D eigenvalue weighted by molar-refractivity contribution is 0.0938. The lowest BCUT2D eigenvalue weighted by Gasteiger charge is -1.98. The number of nitrogens with zero attached hydrogens (tertiary/aromatic N) is 2. The van der Waals surface area contributed by atoms with Gasteiger partial charge < -0.3 is 9.84 Å². The highest BCUT2D eigenvalue weighted by Crippen LogP contribution is 2.17. The zero-order valence-electron chi connectivity index (χ0n) is 10.7. The molecule has 5 nitrogen and oxygen atoms in total. The Balaban J connectivity index is 1.69. The van der Waals surface area contributed by atoms with Crippen LogP contribution >= 0.6 is 11.3 Å². The third-order valence-corrected chi connectivity index (χ3v) is 3.60. The Hall–Kier alpha value is -2.54. The van der Waals surface area contributed by atoms with Crippen LogP contribution in [0.4, 0.5) is 4.39 Å². The van der Waals surface area contributed by atoms with Crippen LogP contribution in [0.1, 0.15) is 15.5 Å². The van der Waals surface area contributed by atoms with Crippen LogP contribution in [-0.2, 0) is 6.54 Å². The van der Waals surface area contributed by atoms with Crippen molar-refractivity contribution in [2.75, 3.05) is 0 Å². The number of carbonyl (C=O) groups is 1. The molecule has 0 bridgehead atoms. The molecule has 106 valence electrons. The fraction of sp³-hybridized carbons (Fsp3) is 0.0714. The first-order valence-electron chi connectivity index (χ1n) is 6.12. The molecule has 0 aliphatic carbocycles. The van der Waals surface area contributed by atoms with Gasteiger partial charge in [-0.2, -0.15) is 4.98 Å². The van der Waals surface area contributed by atoms with Gasteiger partial charge >= 0.3 is 0 Å². The highest BCUT2D eigenvalue weighted by molar-refractivity contribution is 7.09. The van der Waals surface area contributed by atoms with Gasteiger partial charge in [-0.3, -0.25) is 4.79 Å². The van der Waals surface area contributed by atoms with Gasteiger partial charge in [0.2, 0.25) is 0 Å². The van der Waals surface area contributed by atoms with Crippen molar-refractivity contribution in [1.82, 2.24) is 15.5 Å². The SMILES string of the molecule is O=C(NCc1cccs1)c1noc(-c2ccc(F)cc2)n1. The maximum atomic E-state index is 12.8. The standard InChI is InChI=1S/C14H10FN3O2S/c15-10-5-3-9(4-6-10)14-17-12(18-20-14)13(19)16-8-11-2-1-7-21-11/h1-7H,8H2,(H,16,19). The number of hydrogen-bond donors (Lipinski definition) is 1. The maximum absolute atomic E-state index is 12.8. The van der Waals surface area contributed by atoms with Crippen LogP contribution in [0, 0.1) is 5.82 Å². The predicted molar refractivity (Wildman–Crippen MR) is 75.2 cm³/mol. The number of benzene rings is 1. The van der Waals surface area contributed by atoms with Gasteiger partial charge in [0.25, 0.3) is 17.6 Å². The lowest BCUT2D eigenvalue weighted by atomic mass is 10.2. The summed E-state index contributed by atoms with van der Waals surface area (Å²) in [6, 6.07) is 9.43. The average Bonchev–Trinajstić information content (AvgIpc) is 3.17. The zero-order valence-corrected chi connectivity index (χ0v) is 11.6. The number of thiophene rings is 1. The van der Waals surface area contributed by atoms with Crippen LogP contribution in [0.15, 0.2) is 46.3 Å². The van der Waals surface area contributed by atoms with E-state index in [4.69, 9.17) is 4.52 Å². The van der Waals surface area contributed by atoms with Crippen LogP contribution in [0.3, 0.4) is 0 Å². The third kappa shape index (κ3) is 3.14. The van der Waals surface area contributed by atoms with Crippen molar-refractivity contribution in [1.29, 1.82) is 0 Å². The van der Waals surface area contributed by atoms with Crippen molar-refractivity contribution >= 4 is 17.2 Å². The molecule has 21 heavy (non-hydrogen) atoms. The Labute approximate surface area is 123 Å². The van der Waals surface area contributed by atoms with E-state index >= 15 is 0 Å². The summed E-state index contributed by atoms with van der Waals surface area (Å²) in [7, 11) is 0. The van der Waals surface area contributed by atoms with E-state index in [1.807, 2.05) is 17.5 Å². The van der Waals surface area contributed by atoms with Gasteiger partial charge in [0.15, 0.2) is 0 Å². The molecule has 2 aromatic heterocycles. The number of hydrogen-bond acceptors (Lipinski definition) is 5. The van der Waals surface area contributed by atoms with Crippen LogP contribution in [0.25, 0.3) is 11.5 Å². The molecule has 0 saturated carbocycles. The molecule has 0 aliphatic rings. The number of amides is 1. The fourth-order valence-corrected chi connectivity index (χ4v) is 2.33. The van der Waals surface area contributed by atoms with Crippen molar-refractivity contribution in [2.24, 2.45) is 0 Å². The first-order valence-corrected chi connectivity index (χ1v) is 7.00. The van der Waals surface area contributed by atoms with E-state index in [0.717, 1.165) is 4.88 Å². The highest BCUT2D eigenvalue weighted by Gasteiger charge is 2.15. The van der Waals surface area contributed by atoms with E-state index in [1.165, 1.54) is 24.3 Å². The van der Waals surface area contributed by atoms with E-state index in [0.29, 0.717) is 12.1 Å². The minimum atomic E-state index is -0.416. The summed E-state index contributed by atoms with van der Waals surface area (Å²) in [5.41, 5.74) is 0.557. The van der Waals surface area contributed by atoms with Crippen molar-refractivity contribution in [3.63, 3.8) is 0 Å². The van der Waals surface area contributed by atoms with Crippen molar-refractivity contribution < 1.29 is 13.7 Å². The van der Waals surface area contributed by atoms with Gasteiger partial charge in [0, 0.05) is 10.4 Å². The molecule has 0 unspecified atom stereocenters. The number of nitrogens with one attached hydrogen (secondary N) is 1. The molecule has 0 saturated heterocycles. The van der Waals surface area contributed by atoms with E-state index in [2.05, 4.69) is 15.5 Å². The summed E-state index contributed by atoms with van der Waals surface area (Å²) in [6.45, 7) is 0.414. The van der Waals surface area contributed by atoms with Gasteiger partial charge in [-0.1, -0.05) is 11.2 Å². The number of aromatic nitrogens is 2. The predicted octanol–water partition coefficient (Wildman–Crippen LogP) is 2.87. The fourth-order valence-electron chi connectivity index (χ4n) is 1.69. The minimum Gasteiger partial charge on any atom is -0.344 e. The molecule has 0 atom stereocenters. The molecule has 1 amide bonds. The van der Waals surface area contributed by atoms with Crippen molar-refractivity contribution in [3.8, 4) is 11.5 Å². The molecular formula is C14H10FN3O2S. The summed E-state index contributed by atoms with van der Waals surface area (Å²) in [4.78, 5) is 16.9. The highest BCUT2D eigenvalue weighted by atomic mass is 32.1. The van der Waals surface area contributed by atoms with Crippen molar-refractivity contribution in [3.05, 3.63) is 58.3 Å². The normalized spacial score (nSPS) is 10.5. The Morgan fingerprint density at radius 3 is 2.81 bits per heavy atom.